The zero-order chi connectivity index (χ0) is 15.8. The molecule has 0 spiro atoms. The van der Waals surface area contributed by atoms with Gasteiger partial charge in [0.2, 0.25) is 5.91 Å². The third-order valence-corrected chi connectivity index (χ3v) is 4.65. The number of nitrogens with one attached hydrogen (secondary N) is 2. The van der Waals surface area contributed by atoms with Crippen LogP contribution in [0.5, 0.6) is 0 Å². The fraction of sp³-hybridized carbons (Fsp3) is 0.625. The molecule has 2 rings (SSSR count). The van der Waals surface area contributed by atoms with Crippen LogP contribution in [0.25, 0.3) is 0 Å². The van der Waals surface area contributed by atoms with Crippen LogP contribution in [0.15, 0.2) is 17.1 Å². The lowest BCUT2D eigenvalue weighted by Gasteiger charge is -2.26. The molecule has 1 amide bonds. The van der Waals surface area contributed by atoms with E-state index in [1.165, 1.54) is 16.2 Å². The number of guanidine groups is 1. The highest BCUT2D eigenvalue weighted by molar-refractivity contribution is 14.0. The van der Waals surface area contributed by atoms with Crippen molar-refractivity contribution in [1.82, 2.24) is 15.5 Å². The number of nitrogens with zero attached hydrogens (tertiary/aromatic N) is 2. The summed E-state index contributed by atoms with van der Waals surface area (Å²) in [4.78, 5) is 21.1. The summed E-state index contributed by atoms with van der Waals surface area (Å²) in [7, 11) is 0. The number of hydrogen-bond acceptors (Lipinski definition) is 3. The SMILES string of the molecule is CCNC(=NCC(=O)N1CCCCC1)NCc1ccc(C)s1.I. The van der Waals surface area contributed by atoms with Crippen molar-refractivity contribution in [2.75, 3.05) is 26.2 Å². The number of aliphatic imine (C=N–C) groups is 1. The van der Waals surface area contributed by atoms with E-state index in [1.54, 1.807) is 11.3 Å². The molecule has 1 aliphatic rings. The monoisotopic (exact) mass is 450 g/mol. The standard InChI is InChI=1S/C16H26N4OS.HI/c1-3-17-16(18-11-14-8-7-13(2)22-14)19-12-15(21)20-9-5-4-6-10-20;/h7-8H,3-6,9-12H2,1-2H3,(H2,17,18,19);1H. The van der Waals surface area contributed by atoms with Gasteiger partial charge in [0.15, 0.2) is 5.96 Å². The predicted octanol–water partition coefficient (Wildman–Crippen LogP) is 2.74. The van der Waals surface area contributed by atoms with Crippen LogP contribution >= 0.6 is 35.3 Å². The Morgan fingerprint density at radius 2 is 2.00 bits per heavy atom. The lowest BCUT2D eigenvalue weighted by Crippen LogP contribution is -2.40. The zero-order valence-electron chi connectivity index (χ0n) is 13.9. The van der Waals surface area contributed by atoms with Crippen LogP contribution in [-0.2, 0) is 11.3 Å². The molecule has 1 aliphatic heterocycles. The molecular weight excluding hydrogens is 423 g/mol. The summed E-state index contributed by atoms with van der Waals surface area (Å²) < 4.78 is 0. The third-order valence-electron chi connectivity index (χ3n) is 3.65. The number of carbonyl (C=O) groups is 1. The number of hydrogen-bond donors (Lipinski definition) is 2. The van der Waals surface area contributed by atoms with Crippen molar-refractivity contribution in [3.8, 4) is 0 Å². The van der Waals surface area contributed by atoms with Crippen molar-refractivity contribution in [2.45, 2.75) is 39.7 Å². The second-order valence-corrected chi connectivity index (χ2v) is 6.87. The smallest absolute Gasteiger partial charge is 0.244 e. The zero-order valence-corrected chi connectivity index (χ0v) is 17.1. The van der Waals surface area contributed by atoms with E-state index in [-0.39, 0.29) is 36.4 Å². The highest BCUT2D eigenvalue weighted by atomic mass is 127. The number of piperidine rings is 1. The second-order valence-electron chi connectivity index (χ2n) is 5.50. The van der Waals surface area contributed by atoms with Crippen molar-refractivity contribution in [1.29, 1.82) is 0 Å². The molecule has 1 fully saturated rings. The van der Waals surface area contributed by atoms with Crippen LogP contribution in [0.1, 0.15) is 35.9 Å². The van der Waals surface area contributed by atoms with Gasteiger partial charge >= 0.3 is 0 Å². The molecular formula is C16H27IN4OS. The maximum Gasteiger partial charge on any atom is 0.244 e. The van der Waals surface area contributed by atoms with Gasteiger partial charge in [-0.05, 0) is 45.2 Å². The van der Waals surface area contributed by atoms with Crippen molar-refractivity contribution in [2.24, 2.45) is 4.99 Å². The average Bonchev–Trinajstić information content (AvgIpc) is 2.96. The Morgan fingerprint density at radius 1 is 1.26 bits per heavy atom. The highest BCUT2D eigenvalue weighted by Gasteiger charge is 2.15. The van der Waals surface area contributed by atoms with E-state index in [4.69, 9.17) is 0 Å². The molecule has 0 unspecified atom stereocenters. The van der Waals surface area contributed by atoms with E-state index in [1.807, 2.05) is 11.8 Å². The van der Waals surface area contributed by atoms with Gasteiger partial charge in [0.1, 0.15) is 6.54 Å². The Morgan fingerprint density at radius 3 is 2.61 bits per heavy atom. The van der Waals surface area contributed by atoms with E-state index in [9.17, 15) is 4.79 Å². The van der Waals surface area contributed by atoms with Gasteiger partial charge in [-0.3, -0.25) is 4.79 Å². The van der Waals surface area contributed by atoms with Crippen molar-refractivity contribution >= 4 is 47.2 Å². The van der Waals surface area contributed by atoms with E-state index in [0.717, 1.165) is 39.0 Å². The molecule has 0 radical (unpaired) electrons. The topological polar surface area (TPSA) is 56.7 Å². The largest absolute Gasteiger partial charge is 0.357 e. The van der Waals surface area contributed by atoms with Gasteiger partial charge in [-0.15, -0.1) is 35.3 Å². The van der Waals surface area contributed by atoms with Crippen molar-refractivity contribution in [3.05, 3.63) is 21.9 Å². The number of thiophene rings is 1. The van der Waals surface area contributed by atoms with E-state index in [2.05, 4.69) is 34.7 Å². The minimum atomic E-state index is 0. The van der Waals surface area contributed by atoms with Gasteiger partial charge in [0, 0.05) is 29.4 Å². The molecule has 0 atom stereocenters. The molecule has 0 aliphatic carbocycles. The van der Waals surface area contributed by atoms with Gasteiger partial charge in [-0.1, -0.05) is 0 Å². The summed E-state index contributed by atoms with van der Waals surface area (Å²) in [5.41, 5.74) is 0. The fourth-order valence-electron chi connectivity index (χ4n) is 2.48. The number of halogens is 1. The minimum Gasteiger partial charge on any atom is -0.357 e. The Kier molecular flexibility index (Phi) is 9.54. The summed E-state index contributed by atoms with van der Waals surface area (Å²) >= 11 is 1.77. The maximum absolute atomic E-state index is 12.1. The normalized spacial score (nSPS) is 15.0. The van der Waals surface area contributed by atoms with Crippen LogP contribution in [0.4, 0.5) is 0 Å². The lowest BCUT2D eigenvalue weighted by atomic mass is 10.1. The quantitative estimate of drug-likeness (QED) is 0.412. The highest BCUT2D eigenvalue weighted by Crippen LogP contribution is 2.14. The Labute approximate surface area is 160 Å². The third kappa shape index (κ3) is 7.07. The first-order valence-corrected chi connectivity index (χ1v) is 8.86. The summed E-state index contributed by atoms with van der Waals surface area (Å²) in [6.07, 6.45) is 3.47. The van der Waals surface area contributed by atoms with E-state index < -0.39 is 0 Å². The number of aryl methyl sites for hydroxylation is 1. The molecule has 5 nitrogen and oxygen atoms in total. The second kappa shape index (κ2) is 10.9. The van der Waals surface area contributed by atoms with Gasteiger partial charge in [-0.25, -0.2) is 4.99 Å². The molecule has 7 heteroatoms. The van der Waals surface area contributed by atoms with Crippen molar-refractivity contribution in [3.63, 3.8) is 0 Å². The predicted molar refractivity (Wildman–Crippen MR) is 108 cm³/mol. The summed E-state index contributed by atoms with van der Waals surface area (Å²) in [5, 5.41) is 6.48. The minimum absolute atomic E-state index is 0. The molecule has 130 valence electrons. The average molecular weight is 450 g/mol. The molecule has 1 aromatic rings. The number of likely N-dealkylation sites (tertiary alicyclic amines) is 1. The number of amides is 1. The van der Waals surface area contributed by atoms with E-state index >= 15 is 0 Å². The first-order chi connectivity index (χ1) is 10.7. The molecule has 0 aromatic carbocycles. The molecule has 23 heavy (non-hydrogen) atoms. The first kappa shape index (κ1) is 20.2. The Balaban J connectivity index is 0.00000264. The van der Waals surface area contributed by atoms with Crippen LogP contribution < -0.4 is 10.6 Å². The molecule has 1 aromatic heterocycles. The van der Waals surface area contributed by atoms with Crippen LogP contribution in [-0.4, -0.2) is 42.9 Å². The Bertz CT molecular complexity index is 512. The van der Waals surface area contributed by atoms with Crippen LogP contribution in [0, 0.1) is 6.92 Å². The molecule has 0 saturated carbocycles. The van der Waals surface area contributed by atoms with Crippen LogP contribution in [0.2, 0.25) is 0 Å². The van der Waals surface area contributed by atoms with Gasteiger partial charge in [-0.2, -0.15) is 0 Å². The molecule has 1 saturated heterocycles. The summed E-state index contributed by atoms with van der Waals surface area (Å²) in [5.74, 6) is 0.836. The molecule has 2 heterocycles. The first-order valence-electron chi connectivity index (χ1n) is 8.04. The fourth-order valence-corrected chi connectivity index (χ4v) is 3.31. The lowest BCUT2D eigenvalue weighted by molar-refractivity contribution is -0.130. The van der Waals surface area contributed by atoms with Gasteiger partial charge in [0.05, 0.1) is 6.54 Å². The molecule has 0 bridgehead atoms. The number of carbonyl (C=O) groups excluding carboxylic acids is 1. The van der Waals surface area contributed by atoms with Crippen molar-refractivity contribution < 1.29 is 4.79 Å². The van der Waals surface area contributed by atoms with Crippen LogP contribution in [0.3, 0.4) is 0 Å². The maximum atomic E-state index is 12.1. The number of rotatable bonds is 5. The molecule has 2 N–H and O–H groups in total. The Hall–Kier alpha value is -0.830. The van der Waals surface area contributed by atoms with Gasteiger partial charge < -0.3 is 15.5 Å². The van der Waals surface area contributed by atoms with Gasteiger partial charge in [0.25, 0.3) is 0 Å². The van der Waals surface area contributed by atoms with E-state index in [0.29, 0.717) is 5.96 Å². The summed E-state index contributed by atoms with van der Waals surface area (Å²) in [6.45, 7) is 7.64. The summed E-state index contributed by atoms with van der Waals surface area (Å²) in [6, 6.07) is 4.24.